The maximum absolute atomic E-state index is 14.0. The zero-order chi connectivity index (χ0) is 11.9. The molecule has 0 rings (SSSR count). The predicted octanol–water partition coefficient (Wildman–Crippen LogP) is 4.13. The fraction of sp³-hybridized carbons (Fsp3) is 0.846. The summed E-state index contributed by atoms with van der Waals surface area (Å²) in [6.45, 7) is 9.97. The number of alkyl halides is 1. The Bertz CT molecular complexity index is 189. The summed E-state index contributed by atoms with van der Waals surface area (Å²) >= 11 is 0. The Hall–Kier alpha value is -0.370. The molecule has 0 bridgehead atoms. The third-order valence-electron chi connectivity index (χ3n) is 2.98. The van der Waals surface area contributed by atoms with Gasteiger partial charge in [0.2, 0.25) is 0 Å². The molecule has 0 aliphatic heterocycles. The van der Waals surface area contributed by atoms with Crippen LogP contribution in [0.5, 0.6) is 0 Å². The molecule has 2 atom stereocenters. The number of halogens is 1. The van der Waals surface area contributed by atoms with Gasteiger partial charge in [0.25, 0.3) is 0 Å². The molecule has 90 valence electrons. The molecule has 0 aliphatic rings. The Labute approximate surface area is 93.7 Å². The van der Waals surface area contributed by atoms with Gasteiger partial charge >= 0.3 is 0 Å². The summed E-state index contributed by atoms with van der Waals surface area (Å²) in [6.07, 6.45) is 4.84. The van der Waals surface area contributed by atoms with E-state index in [0.29, 0.717) is 19.4 Å². The first-order chi connectivity index (χ1) is 6.89. The Morgan fingerprint density at radius 3 is 2.40 bits per heavy atom. The molecule has 15 heavy (non-hydrogen) atoms. The van der Waals surface area contributed by atoms with Crippen molar-refractivity contribution < 1.29 is 9.13 Å². The van der Waals surface area contributed by atoms with Crippen molar-refractivity contribution >= 4 is 0 Å². The number of ether oxygens (including phenoxy) is 1. The molecule has 0 unspecified atom stereocenters. The van der Waals surface area contributed by atoms with Gasteiger partial charge < -0.3 is 4.74 Å². The molecule has 0 aromatic rings. The van der Waals surface area contributed by atoms with Gasteiger partial charge in [-0.1, -0.05) is 19.9 Å². The highest BCUT2D eigenvalue weighted by Gasteiger charge is 2.33. The van der Waals surface area contributed by atoms with Crippen molar-refractivity contribution in [2.75, 3.05) is 13.7 Å². The number of rotatable bonds is 8. The van der Waals surface area contributed by atoms with Crippen LogP contribution in [0.1, 0.15) is 46.5 Å². The molecule has 0 fully saturated rings. The highest BCUT2D eigenvalue weighted by molar-refractivity contribution is 4.86. The van der Waals surface area contributed by atoms with E-state index in [0.717, 1.165) is 12.8 Å². The molecule has 0 spiro atoms. The summed E-state index contributed by atoms with van der Waals surface area (Å²) in [4.78, 5) is 0. The average molecular weight is 216 g/mol. The highest BCUT2D eigenvalue weighted by atomic mass is 19.1. The fourth-order valence-corrected chi connectivity index (χ4v) is 2.03. The standard InChI is InChI=1S/C13H25FO/c1-6-8-9-12(3,11-15-5)10-13(4,14)7-2/h6H,1,7-11H2,2-5H3/t12-,13-/m0/s1. The van der Waals surface area contributed by atoms with E-state index in [1.165, 1.54) is 0 Å². The Balaban J connectivity index is 4.41. The Morgan fingerprint density at radius 2 is 2.00 bits per heavy atom. The van der Waals surface area contributed by atoms with E-state index in [4.69, 9.17) is 4.74 Å². The van der Waals surface area contributed by atoms with E-state index in [9.17, 15) is 4.39 Å². The molecule has 1 nitrogen and oxygen atoms in total. The minimum atomic E-state index is -1.09. The molecular weight excluding hydrogens is 191 g/mol. The lowest BCUT2D eigenvalue weighted by Crippen LogP contribution is -2.32. The van der Waals surface area contributed by atoms with Gasteiger partial charge in [-0.25, -0.2) is 4.39 Å². The summed E-state index contributed by atoms with van der Waals surface area (Å²) in [7, 11) is 1.67. The summed E-state index contributed by atoms with van der Waals surface area (Å²) in [5.41, 5.74) is -1.17. The van der Waals surface area contributed by atoms with Gasteiger partial charge in [0, 0.05) is 7.11 Å². The maximum atomic E-state index is 14.0. The van der Waals surface area contributed by atoms with Crippen LogP contribution in [0.4, 0.5) is 4.39 Å². The van der Waals surface area contributed by atoms with Gasteiger partial charge in [0.1, 0.15) is 5.67 Å². The summed E-state index contributed by atoms with van der Waals surface area (Å²) in [5.74, 6) is 0. The molecule has 0 aliphatic carbocycles. The molecule has 2 heteroatoms. The minimum absolute atomic E-state index is 0.0809. The predicted molar refractivity (Wildman–Crippen MR) is 63.8 cm³/mol. The van der Waals surface area contributed by atoms with Crippen LogP contribution in [0.3, 0.4) is 0 Å². The summed E-state index contributed by atoms with van der Waals surface area (Å²) in [5, 5.41) is 0. The second kappa shape index (κ2) is 6.26. The number of methoxy groups -OCH3 is 1. The van der Waals surface area contributed by atoms with Crippen LogP contribution < -0.4 is 0 Å². The molecule has 0 aromatic carbocycles. The van der Waals surface area contributed by atoms with Gasteiger partial charge in [0.05, 0.1) is 6.61 Å². The largest absolute Gasteiger partial charge is 0.384 e. The van der Waals surface area contributed by atoms with Gasteiger partial charge in [-0.15, -0.1) is 6.58 Å². The molecule has 0 aromatic heterocycles. The fourth-order valence-electron chi connectivity index (χ4n) is 2.03. The zero-order valence-electron chi connectivity index (χ0n) is 10.6. The van der Waals surface area contributed by atoms with Crippen LogP contribution in [0.15, 0.2) is 12.7 Å². The van der Waals surface area contributed by atoms with E-state index in [-0.39, 0.29) is 5.41 Å². The number of allylic oxidation sites excluding steroid dienone is 1. The lowest BCUT2D eigenvalue weighted by atomic mass is 9.76. The number of hydrogen-bond donors (Lipinski definition) is 0. The van der Waals surface area contributed by atoms with Crippen molar-refractivity contribution in [1.82, 2.24) is 0 Å². The summed E-state index contributed by atoms with van der Waals surface area (Å²) < 4.78 is 19.2. The molecule has 0 N–H and O–H groups in total. The highest BCUT2D eigenvalue weighted by Crippen LogP contribution is 2.36. The third kappa shape index (κ3) is 5.93. The van der Waals surface area contributed by atoms with Crippen molar-refractivity contribution in [3.8, 4) is 0 Å². The lowest BCUT2D eigenvalue weighted by molar-refractivity contribution is 0.0259. The van der Waals surface area contributed by atoms with Crippen molar-refractivity contribution in [1.29, 1.82) is 0 Å². The van der Waals surface area contributed by atoms with Crippen molar-refractivity contribution in [2.45, 2.75) is 52.1 Å². The van der Waals surface area contributed by atoms with Crippen LogP contribution in [0, 0.1) is 5.41 Å². The topological polar surface area (TPSA) is 9.23 Å². The van der Waals surface area contributed by atoms with Crippen molar-refractivity contribution in [3.63, 3.8) is 0 Å². The lowest BCUT2D eigenvalue weighted by Gasteiger charge is -2.34. The van der Waals surface area contributed by atoms with Crippen LogP contribution >= 0.6 is 0 Å². The summed E-state index contributed by atoms with van der Waals surface area (Å²) in [6, 6.07) is 0. The van der Waals surface area contributed by atoms with Gasteiger partial charge in [-0.2, -0.15) is 0 Å². The average Bonchev–Trinajstić information content (AvgIpc) is 2.14. The van der Waals surface area contributed by atoms with E-state index >= 15 is 0 Å². The van der Waals surface area contributed by atoms with E-state index < -0.39 is 5.67 Å². The first-order valence-corrected chi connectivity index (χ1v) is 5.68. The second-order valence-corrected chi connectivity index (χ2v) is 5.01. The molecule has 0 heterocycles. The molecular formula is C13H25FO. The monoisotopic (exact) mass is 216 g/mol. The van der Waals surface area contributed by atoms with Gasteiger partial charge in [0.15, 0.2) is 0 Å². The Kier molecular flexibility index (Phi) is 6.11. The first kappa shape index (κ1) is 14.6. The SMILES string of the molecule is C=CCC[C@](C)(COC)C[C@@](C)(F)CC. The van der Waals surface area contributed by atoms with Crippen LogP contribution in [-0.4, -0.2) is 19.4 Å². The Morgan fingerprint density at radius 1 is 1.40 bits per heavy atom. The van der Waals surface area contributed by atoms with Crippen LogP contribution in [0.2, 0.25) is 0 Å². The van der Waals surface area contributed by atoms with Crippen molar-refractivity contribution in [2.24, 2.45) is 5.41 Å². The normalized spacial score (nSPS) is 19.3. The van der Waals surface area contributed by atoms with E-state index in [1.807, 2.05) is 13.0 Å². The van der Waals surface area contributed by atoms with Crippen molar-refractivity contribution in [3.05, 3.63) is 12.7 Å². The third-order valence-corrected chi connectivity index (χ3v) is 2.98. The van der Waals surface area contributed by atoms with Gasteiger partial charge in [-0.3, -0.25) is 0 Å². The quantitative estimate of drug-likeness (QED) is 0.554. The minimum Gasteiger partial charge on any atom is -0.384 e. The smallest absolute Gasteiger partial charge is 0.108 e. The second-order valence-electron chi connectivity index (χ2n) is 5.01. The number of hydrogen-bond acceptors (Lipinski definition) is 1. The zero-order valence-corrected chi connectivity index (χ0v) is 10.6. The molecule has 0 saturated heterocycles. The van der Waals surface area contributed by atoms with Gasteiger partial charge in [-0.05, 0) is 38.0 Å². The van der Waals surface area contributed by atoms with Crippen LogP contribution in [-0.2, 0) is 4.74 Å². The molecule has 0 saturated carbocycles. The molecule has 0 radical (unpaired) electrons. The molecule has 0 amide bonds. The van der Waals surface area contributed by atoms with E-state index in [1.54, 1.807) is 14.0 Å². The van der Waals surface area contributed by atoms with Crippen LogP contribution in [0.25, 0.3) is 0 Å². The van der Waals surface area contributed by atoms with E-state index in [2.05, 4.69) is 13.5 Å². The first-order valence-electron chi connectivity index (χ1n) is 5.68. The maximum Gasteiger partial charge on any atom is 0.108 e.